The van der Waals surface area contributed by atoms with Crippen LogP contribution in [0.4, 0.5) is 4.39 Å². The number of phenolic OH excluding ortho intramolecular Hbond substituents is 1. The fourth-order valence-corrected chi connectivity index (χ4v) is 3.23. The number of nitrogens with one attached hydrogen (secondary N) is 1. The normalized spacial score (nSPS) is 17.0. The van der Waals surface area contributed by atoms with Gasteiger partial charge in [0.1, 0.15) is 11.6 Å². The molecule has 0 amide bonds. The molecule has 21 heavy (non-hydrogen) atoms. The third-order valence-electron chi connectivity index (χ3n) is 4.29. The first-order valence-corrected chi connectivity index (χ1v) is 7.36. The van der Waals surface area contributed by atoms with Crippen molar-refractivity contribution in [3.63, 3.8) is 0 Å². The van der Waals surface area contributed by atoms with Gasteiger partial charge in [-0.2, -0.15) is 0 Å². The van der Waals surface area contributed by atoms with Gasteiger partial charge in [-0.25, -0.2) is 4.39 Å². The van der Waals surface area contributed by atoms with Crippen molar-refractivity contribution < 1.29 is 9.50 Å². The number of halogens is 1. The second-order valence-electron chi connectivity index (χ2n) is 5.86. The number of hydrogen-bond donors (Lipinski definition) is 2. The van der Waals surface area contributed by atoms with Gasteiger partial charge in [0.05, 0.1) is 0 Å². The van der Waals surface area contributed by atoms with Gasteiger partial charge >= 0.3 is 0 Å². The monoisotopic (exact) mass is 285 g/mol. The number of phenols is 1. The molecule has 0 fully saturated rings. The summed E-state index contributed by atoms with van der Waals surface area (Å²) in [7, 11) is 0. The highest BCUT2D eigenvalue weighted by Gasteiger charge is 2.24. The van der Waals surface area contributed by atoms with Crippen LogP contribution >= 0.6 is 0 Å². The van der Waals surface area contributed by atoms with E-state index in [1.165, 1.54) is 5.56 Å². The number of aryl methyl sites for hydroxylation is 2. The first kappa shape index (κ1) is 14.1. The summed E-state index contributed by atoms with van der Waals surface area (Å²) in [5.41, 5.74) is 4.72. The maximum atomic E-state index is 13.6. The number of benzene rings is 2. The average molecular weight is 285 g/mol. The fourth-order valence-electron chi connectivity index (χ4n) is 3.23. The topological polar surface area (TPSA) is 32.3 Å². The van der Waals surface area contributed by atoms with E-state index in [0.29, 0.717) is 23.4 Å². The van der Waals surface area contributed by atoms with Gasteiger partial charge in [-0.05, 0) is 60.6 Å². The van der Waals surface area contributed by atoms with E-state index in [-0.39, 0.29) is 11.9 Å². The van der Waals surface area contributed by atoms with Gasteiger partial charge in [-0.15, -0.1) is 0 Å². The number of fused-ring (bicyclic) bond motifs is 1. The molecule has 0 aromatic heterocycles. The molecule has 3 rings (SSSR count). The highest BCUT2D eigenvalue weighted by Crippen LogP contribution is 2.36. The molecular weight excluding hydrogens is 265 g/mol. The average Bonchev–Trinajstić information content (AvgIpc) is 2.87. The summed E-state index contributed by atoms with van der Waals surface area (Å²) in [6.45, 7) is 4.31. The molecule has 1 aliphatic rings. The Labute approximate surface area is 124 Å². The number of rotatable bonds is 3. The van der Waals surface area contributed by atoms with Gasteiger partial charge in [0, 0.05) is 12.6 Å². The van der Waals surface area contributed by atoms with Gasteiger partial charge in [0.2, 0.25) is 0 Å². The predicted octanol–water partition coefficient (Wildman–Crippen LogP) is 3.93. The van der Waals surface area contributed by atoms with E-state index >= 15 is 0 Å². The van der Waals surface area contributed by atoms with E-state index in [9.17, 15) is 9.50 Å². The quantitative estimate of drug-likeness (QED) is 0.895. The molecule has 0 saturated carbocycles. The van der Waals surface area contributed by atoms with E-state index in [1.807, 2.05) is 18.2 Å². The van der Waals surface area contributed by atoms with Crippen LogP contribution in [0.2, 0.25) is 0 Å². The SMILES string of the molecule is Cc1cc(CNC2CCc3c(O)cccc32)cc(C)c1F. The van der Waals surface area contributed by atoms with Crippen LogP contribution < -0.4 is 5.32 Å². The minimum atomic E-state index is -0.116. The minimum Gasteiger partial charge on any atom is -0.508 e. The molecule has 0 spiro atoms. The van der Waals surface area contributed by atoms with Crippen LogP contribution in [-0.2, 0) is 13.0 Å². The highest BCUT2D eigenvalue weighted by molar-refractivity contribution is 5.44. The second-order valence-corrected chi connectivity index (χ2v) is 5.86. The maximum absolute atomic E-state index is 13.6. The summed E-state index contributed by atoms with van der Waals surface area (Å²) in [5.74, 6) is 0.278. The molecule has 2 aromatic rings. The third-order valence-corrected chi connectivity index (χ3v) is 4.29. The summed E-state index contributed by atoms with van der Waals surface area (Å²) >= 11 is 0. The van der Waals surface area contributed by atoms with Crippen molar-refractivity contribution in [1.29, 1.82) is 0 Å². The Hall–Kier alpha value is -1.87. The molecular formula is C18H20FNO. The smallest absolute Gasteiger partial charge is 0.129 e. The third kappa shape index (κ3) is 2.66. The summed E-state index contributed by atoms with van der Waals surface area (Å²) in [4.78, 5) is 0. The zero-order valence-electron chi connectivity index (χ0n) is 12.4. The van der Waals surface area contributed by atoms with Crippen LogP contribution in [-0.4, -0.2) is 5.11 Å². The molecule has 2 N–H and O–H groups in total. The molecule has 1 atom stereocenters. The summed E-state index contributed by atoms with van der Waals surface area (Å²) in [6, 6.07) is 9.76. The maximum Gasteiger partial charge on any atom is 0.129 e. The van der Waals surface area contributed by atoms with E-state index in [0.717, 1.165) is 24.0 Å². The van der Waals surface area contributed by atoms with Crippen LogP contribution in [0.25, 0.3) is 0 Å². The summed E-state index contributed by atoms with van der Waals surface area (Å²) in [6.07, 6.45) is 1.90. The molecule has 0 bridgehead atoms. The van der Waals surface area contributed by atoms with Crippen molar-refractivity contribution >= 4 is 0 Å². The molecule has 1 unspecified atom stereocenters. The first-order valence-electron chi connectivity index (χ1n) is 7.36. The molecule has 110 valence electrons. The van der Waals surface area contributed by atoms with Crippen molar-refractivity contribution in [2.24, 2.45) is 0 Å². The lowest BCUT2D eigenvalue weighted by molar-refractivity contribution is 0.469. The number of hydrogen-bond acceptors (Lipinski definition) is 2. The van der Waals surface area contributed by atoms with Gasteiger partial charge in [0.25, 0.3) is 0 Å². The Bertz CT molecular complexity index is 658. The Kier molecular flexibility index (Phi) is 3.68. The van der Waals surface area contributed by atoms with E-state index in [2.05, 4.69) is 11.4 Å². The van der Waals surface area contributed by atoms with Crippen LogP contribution in [0.1, 0.15) is 40.3 Å². The van der Waals surface area contributed by atoms with Gasteiger partial charge in [-0.1, -0.05) is 24.3 Å². The second kappa shape index (κ2) is 5.49. The van der Waals surface area contributed by atoms with Crippen LogP contribution in [0, 0.1) is 19.7 Å². The van der Waals surface area contributed by atoms with Crippen molar-refractivity contribution in [2.45, 2.75) is 39.3 Å². The molecule has 2 aromatic carbocycles. The van der Waals surface area contributed by atoms with Crippen molar-refractivity contribution in [1.82, 2.24) is 5.32 Å². The van der Waals surface area contributed by atoms with Crippen molar-refractivity contribution in [3.8, 4) is 5.75 Å². The van der Waals surface area contributed by atoms with Crippen molar-refractivity contribution in [2.75, 3.05) is 0 Å². The summed E-state index contributed by atoms with van der Waals surface area (Å²) < 4.78 is 13.6. The lowest BCUT2D eigenvalue weighted by Crippen LogP contribution is -2.18. The van der Waals surface area contributed by atoms with E-state index in [4.69, 9.17) is 0 Å². The molecule has 0 aliphatic heterocycles. The minimum absolute atomic E-state index is 0.116. The number of aromatic hydroxyl groups is 1. The van der Waals surface area contributed by atoms with Crippen LogP contribution in [0.3, 0.4) is 0 Å². The highest BCUT2D eigenvalue weighted by atomic mass is 19.1. The van der Waals surface area contributed by atoms with E-state index in [1.54, 1.807) is 19.9 Å². The lowest BCUT2D eigenvalue weighted by Gasteiger charge is -2.15. The van der Waals surface area contributed by atoms with E-state index < -0.39 is 0 Å². The molecule has 0 heterocycles. The zero-order chi connectivity index (χ0) is 15.0. The van der Waals surface area contributed by atoms with Crippen LogP contribution in [0.15, 0.2) is 30.3 Å². The Morgan fingerprint density at radius 2 is 1.95 bits per heavy atom. The predicted molar refractivity (Wildman–Crippen MR) is 81.9 cm³/mol. The Morgan fingerprint density at radius 3 is 2.67 bits per heavy atom. The largest absolute Gasteiger partial charge is 0.508 e. The molecule has 3 heteroatoms. The van der Waals surface area contributed by atoms with Gasteiger partial charge < -0.3 is 10.4 Å². The first-order chi connectivity index (χ1) is 10.1. The molecule has 2 nitrogen and oxygen atoms in total. The lowest BCUT2D eigenvalue weighted by atomic mass is 10.0. The summed E-state index contributed by atoms with van der Waals surface area (Å²) in [5, 5.41) is 13.4. The van der Waals surface area contributed by atoms with Crippen LogP contribution in [0.5, 0.6) is 5.75 Å². The zero-order valence-corrected chi connectivity index (χ0v) is 12.4. The molecule has 0 radical (unpaired) electrons. The van der Waals surface area contributed by atoms with Crippen molar-refractivity contribution in [3.05, 3.63) is 64.0 Å². The molecule has 1 aliphatic carbocycles. The standard InChI is InChI=1S/C18H20FNO/c1-11-8-13(9-12(2)18(11)19)10-20-16-7-6-15-14(16)4-3-5-17(15)21/h3-5,8-9,16,20-21H,6-7,10H2,1-2H3. The Balaban J connectivity index is 1.74. The Morgan fingerprint density at radius 1 is 1.24 bits per heavy atom. The van der Waals surface area contributed by atoms with Gasteiger partial charge in [0.15, 0.2) is 0 Å². The molecule has 0 saturated heterocycles. The van der Waals surface area contributed by atoms with Gasteiger partial charge in [-0.3, -0.25) is 0 Å². The fraction of sp³-hybridized carbons (Fsp3) is 0.333.